The Hall–Kier alpha value is -2.59. The highest BCUT2D eigenvalue weighted by Gasteiger charge is 2.49. The van der Waals surface area contributed by atoms with E-state index in [1.54, 1.807) is 0 Å². The number of carbonyl (C=O) groups excluding carboxylic acids is 1. The topological polar surface area (TPSA) is 49.8 Å². The molecule has 2 aromatic carbocycles. The molecule has 0 saturated carbocycles. The van der Waals surface area contributed by atoms with Crippen LogP contribution < -0.4 is 0 Å². The summed E-state index contributed by atoms with van der Waals surface area (Å²) in [6.45, 7) is 0.289. The average molecular weight is 389 g/mol. The number of hydrogen-bond acceptors (Lipinski definition) is 3. The van der Waals surface area contributed by atoms with Crippen molar-refractivity contribution >= 4 is 12.2 Å². The Kier molecular flexibility index (Phi) is 4.67. The van der Waals surface area contributed by atoms with Gasteiger partial charge in [0.05, 0.1) is 5.60 Å². The van der Waals surface area contributed by atoms with Gasteiger partial charge in [0.1, 0.15) is 6.61 Å². The first kappa shape index (κ1) is 18.4. The van der Waals surface area contributed by atoms with Crippen LogP contribution >= 0.6 is 0 Å². The molecule has 2 saturated heterocycles. The monoisotopic (exact) mass is 389 g/mol. The molecule has 2 aliphatic heterocycles. The third-order valence-electron chi connectivity index (χ3n) is 6.76. The Morgan fingerprint density at radius 1 is 1.07 bits per heavy atom. The van der Waals surface area contributed by atoms with E-state index in [0.717, 1.165) is 36.8 Å². The van der Waals surface area contributed by atoms with Crippen LogP contribution in [0.25, 0.3) is 6.08 Å². The highest BCUT2D eigenvalue weighted by Crippen LogP contribution is 2.46. The molecule has 1 N–H and O–H groups in total. The van der Waals surface area contributed by atoms with Crippen LogP contribution in [0, 0.1) is 0 Å². The second-order valence-corrected chi connectivity index (χ2v) is 8.61. The third kappa shape index (κ3) is 3.36. The fourth-order valence-corrected chi connectivity index (χ4v) is 5.47. The lowest BCUT2D eigenvalue weighted by molar-refractivity contribution is -0.0899. The number of piperidine rings is 2. The lowest BCUT2D eigenvalue weighted by Crippen LogP contribution is -2.59. The predicted molar refractivity (Wildman–Crippen MR) is 112 cm³/mol. The summed E-state index contributed by atoms with van der Waals surface area (Å²) < 4.78 is 5.65. The largest absolute Gasteiger partial charge is 0.445 e. The number of benzene rings is 2. The molecule has 5 rings (SSSR count). The summed E-state index contributed by atoms with van der Waals surface area (Å²) in [5.74, 6) is 0. The zero-order valence-corrected chi connectivity index (χ0v) is 16.6. The van der Waals surface area contributed by atoms with Crippen molar-refractivity contribution in [1.29, 1.82) is 0 Å². The lowest BCUT2D eigenvalue weighted by Gasteiger charge is -2.51. The van der Waals surface area contributed by atoms with Crippen LogP contribution in [0.3, 0.4) is 0 Å². The van der Waals surface area contributed by atoms with Crippen molar-refractivity contribution in [2.75, 3.05) is 0 Å². The maximum Gasteiger partial charge on any atom is 0.410 e. The summed E-state index contributed by atoms with van der Waals surface area (Å²) in [5.41, 5.74) is 3.63. The number of allylic oxidation sites excluding steroid dienone is 1. The number of aliphatic hydroxyl groups is 1. The zero-order chi connectivity index (χ0) is 19.8. The predicted octanol–water partition coefficient (Wildman–Crippen LogP) is 4.80. The standard InChI is InChI=1S/C25H27NO3/c27-24(29-17-18-7-2-1-3-8-18)26-20-11-6-12-21(26)16-25(28,15-20)23-14-5-10-19-9-4-13-22(19)23/h1-5,7-10,14,20-21,28H,6,11-13,15-17H2. The van der Waals surface area contributed by atoms with Crippen LogP contribution in [0.5, 0.6) is 0 Å². The molecule has 1 amide bonds. The van der Waals surface area contributed by atoms with E-state index in [1.807, 2.05) is 41.3 Å². The summed E-state index contributed by atoms with van der Waals surface area (Å²) in [5, 5.41) is 11.7. The number of rotatable bonds is 3. The second kappa shape index (κ2) is 7.34. The molecule has 2 fully saturated rings. The van der Waals surface area contributed by atoms with E-state index in [1.165, 1.54) is 11.1 Å². The van der Waals surface area contributed by atoms with Crippen LogP contribution in [-0.2, 0) is 23.4 Å². The van der Waals surface area contributed by atoms with Crippen molar-refractivity contribution < 1.29 is 14.6 Å². The molecule has 0 radical (unpaired) electrons. The number of hydrogen-bond donors (Lipinski definition) is 1. The molecule has 0 aromatic heterocycles. The van der Waals surface area contributed by atoms with Crippen molar-refractivity contribution in [2.45, 2.75) is 62.8 Å². The van der Waals surface area contributed by atoms with Gasteiger partial charge in [-0.1, -0.05) is 60.7 Å². The minimum Gasteiger partial charge on any atom is -0.445 e. The van der Waals surface area contributed by atoms with Gasteiger partial charge in [-0.05, 0) is 47.9 Å². The third-order valence-corrected chi connectivity index (χ3v) is 6.76. The Labute approximate surface area is 171 Å². The molecular weight excluding hydrogens is 362 g/mol. The number of amides is 1. The Morgan fingerprint density at radius 3 is 2.59 bits per heavy atom. The normalized spacial score (nSPS) is 27.6. The summed E-state index contributed by atoms with van der Waals surface area (Å²) >= 11 is 0. The molecule has 3 aliphatic rings. The number of nitrogens with zero attached hydrogens (tertiary/aromatic N) is 1. The van der Waals surface area contributed by atoms with Gasteiger partial charge in [-0.2, -0.15) is 0 Å². The maximum absolute atomic E-state index is 12.9. The maximum atomic E-state index is 12.9. The molecule has 150 valence electrons. The van der Waals surface area contributed by atoms with Crippen molar-refractivity contribution in [3.05, 3.63) is 76.9 Å². The molecule has 0 spiro atoms. The number of fused-ring (bicyclic) bond motifs is 3. The van der Waals surface area contributed by atoms with E-state index in [4.69, 9.17) is 4.74 Å². The number of carbonyl (C=O) groups is 1. The summed E-state index contributed by atoms with van der Waals surface area (Å²) in [7, 11) is 0. The van der Waals surface area contributed by atoms with E-state index >= 15 is 0 Å². The summed E-state index contributed by atoms with van der Waals surface area (Å²) in [6, 6.07) is 16.1. The number of ether oxygens (including phenoxy) is 1. The minimum absolute atomic E-state index is 0.0287. The van der Waals surface area contributed by atoms with Gasteiger partial charge in [-0.25, -0.2) is 4.79 Å². The first-order valence-corrected chi connectivity index (χ1v) is 10.6. The molecule has 2 bridgehead atoms. The van der Waals surface area contributed by atoms with Crippen LogP contribution in [0.2, 0.25) is 0 Å². The first-order valence-electron chi connectivity index (χ1n) is 10.6. The van der Waals surface area contributed by atoms with Crippen molar-refractivity contribution in [1.82, 2.24) is 4.90 Å². The SMILES string of the molecule is O=C(OCc1ccccc1)N1C2CCCC1CC(O)(c1cccc3c1CC=C3)C2. The van der Waals surface area contributed by atoms with Crippen LogP contribution in [0.4, 0.5) is 4.79 Å². The van der Waals surface area contributed by atoms with E-state index < -0.39 is 5.60 Å². The fraction of sp³-hybridized carbons (Fsp3) is 0.400. The van der Waals surface area contributed by atoms with E-state index in [2.05, 4.69) is 24.3 Å². The van der Waals surface area contributed by atoms with Gasteiger partial charge in [0, 0.05) is 24.9 Å². The average Bonchev–Trinajstić information content (AvgIpc) is 3.21. The van der Waals surface area contributed by atoms with Gasteiger partial charge in [0.2, 0.25) is 0 Å². The van der Waals surface area contributed by atoms with Gasteiger partial charge in [-0.3, -0.25) is 0 Å². The molecular formula is C25H27NO3. The van der Waals surface area contributed by atoms with Crippen LogP contribution in [0.1, 0.15) is 54.4 Å². The van der Waals surface area contributed by atoms with Crippen molar-refractivity contribution in [3.63, 3.8) is 0 Å². The van der Waals surface area contributed by atoms with Gasteiger partial charge in [0.25, 0.3) is 0 Å². The smallest absolute Gasteiger partial charge is 0.410 e. The van der Waals surface area contributed by atoms with E-state index in [-0.39, 0.29) is 24.8 Å². The molecule has 2 unspecified atom stereocenters. The second-order valence-electron chi connectivity index (χ2n) is 8.61. The Morgan fingerprint density at radius 2 is 1.83 bits per heavy atom. The van der Waals surface area contributed by atoms with Crippen molar-refractivity contribution in [3.8, 4) is 0 Å². The molecule has 4 heteroatoms. The van der Waals surface area contributed by atoms with Gasteiger partial charge < -0.3 is 14.7 Å². The fourth-order valence-electron chi connectivity index (χ4n) is 5.47. The molecule has 4 nitrogen and oxygen atoms in total. The first-order chi connectivity index (χ1) is 14.1. The molecule has 2 aromatic rings. The Balaban J connectivity index is 1.35. The highest BCUT2D eigenvalue weighted by molar-refractivity contribution is 5.69. The summed E-state index contributed by atoms with van der Waals surface area (Å²) in [6.07, 6.45) is 9.05. The molecule has 1 aliphatic carbocycles. The van der Waals surface area contributed by atoms with Gasteiger partial charge in [-0.15, -0.1) is 0 Å². The zero-order valence-electron chi connectivity index (χ0n) is 16.6. The highest BCUT2D eigenvalue weighted by atomic mass is 16.6. The molecule has 2 atom stereocenters. The molecule has 29 heavy (non-hydrogen) atoms. The lowest BCUT2D eigenvalue weighted by atomic mass is 9.71. The quantitative estimate of drug-likeness (QED) is 0.821. The van der Waals surface area contributed by atoms with Gasteiger partial charge >= 0.3 is 6.09 Å². The van der Waals surface area contributed by atoms with Crippen molar-refractivity contribution in [2.24, 2.45) is 0 Å². The van der Waals surface area contributed by atoms with E-state index in [0.29, 0.717) is 12.8 Å². The molecule has 2 heterocycles. The van der Waals surface area contributed by atoms with Crippen LogP contribution in [0.15, 0.2) is 54.6 Å². The Bertz CT molecular complexity index is 922. The summed E-state index contributed by atoms with van der Waals surface area (Å²) in [4.78, 5) is 14.9. The minimum atomic E-state index is -0.872. The van der Waals surface area contributed by atoms with Gasteiger partial charge in [0.15, 0.2) is 0 Å². The van der Waals surface area contributed by atoms with E-state index in [9.17, 15) is 9.90 Å². The van der Waals surface area contributed by atoms with Crippen LogP contribution in [-0.4, -0.2) is 28.2 Å².